The van der Waals surface area contributed by atoms with Gasteiger partial charge in [0.1, 0.15) is 0 Å². The Labute approximate surface area is 309 Å². The molecule has 6 aromatic carbocycles. The Hall–Kier alpha value is -5.31. The molecular weight excluding hydrogens is 665 g/mol. The summed E-state index contributed by atoms with van der Waals surface area (Å²) < 4.78 is 22.2. The molecule has 0 saturated carbocycles. The van der Waals surface area contributed by atoms with Gasteiger partial charge in [0.25, 0.3) is 0 Å². The lowest BCUT2D eigenvalue weighted by Crippen LogP contribution is -2.25. The van der Waals surface area contributed by atoms with Crippen LogP contribution in [-0.2, 0) is 41.4 Å². The van der Waals surface area contributed by atoms with Crippen molar-refractivity contribution in [3.8, 4) is 0 Å². The number of benzene rings is 6. The van der Waals surface area contributed by atoms with Crippen LogP contribution in [0.25, 0.3) is 32.3 Å². The van der Waals surface area contributed by atoms with Crippen molar-refractivity contribution in [1.29, 1.82) is 0 Å². The number of ether oxygens (including phenoxy) is 4. The molecule has 0 N–H and O–H groups in total. The van der Waals surface area contributed by atoms with E-state index in [0.717, 1.165) is 72.0 Å². The van der Waals surface area contributed by atoms with E-state index in [-0.39, 0.29) is 24.8 Å². The summed E-state index contributed by atoms with van der Waals surface area (Å²) >= 11 is 0. The van der Waals surface area contributed by atoms with Crippen LogP contribution in [0.2, 0.25) is 0 Å². The lowest BCUT2D eigenvalue weighted by molar-refractivity contribution is -0.187. The summed E-state index contributed by atoms with van der Waals surface area (Å²) in [4.78, 5) is 25.0. The van der Waals surface area contributed by atoms with Crippen LogP contribution in [-0.4, -0.2) is 43.9 Å². The van der Waals surface area contributed by atoms with Gasteiger partial charge in [-0.2, -0.15) is 5.10 Å². The number of carbonyl (C=O) groups excluding carboxylic acids is 2. The van der Waals surface area contributed by atoms with Gasteiger partial charge in [-0.25, -0.2) is 5.01 Å². The lowest BCUT2D eigenvalue weighted by atomic mass is 9.92. The molecule has 2 atom stereocenters. The molecule has 2 saturated heterocycles. The van der Waals surface area contributed by atoms with E-state index in [0.29, 0.717) is 26.1 Å². The van der Waals surface area contributed by atoms with Crippen molar-refractivity contribution in [2.24, 2.45) is 5.10 Å². The summed E-state index contributed by atoms with van der Waals surface area (Å²) in [5.74, 6) is -0.480. The third kappa shape index (κ3) is 8.19. The molecular formula is C45H44N2O6. The van der Waals surface area contributed by atoms with Gasteiger partial charge in [0.2, 0.25) is 12.6 Å². The first-order valence-corrected chi connectivity index (χ1v) is 18.9. The number of hydrogen-bond acceptors (Lipinski definition) is 8. The summed E-state index contributed by atoms with van der Waals surface area (Å²) in [7, 11) is 0. The van der Waals surface area contributed by atoms with E-state index < -0.39 is 12.6 Å². The molecule has 6 aromatic rings. The molecule has 8 heteroatoms. The largest absolute Gasteiger partial charge is 0.436 e. The van der Waals surface area contributed by atoms with Crippen LogP contribution in [0.4, 0.5) is 11.4 Å². The second-order valence-corrected chi connectivity index (χ2v) is 14.0. The monoisotopic (exact) mass is 708 g/mol. The van der Waals surface area contributed by atoms with Crippen molar-refractivity contribution in [1.82, 2.24) is 0 Å². The van der Waals surface area contributed by atoms with E-state index in [9.17, 15) is 9.59 Å². The average molecular weight is 709 g/mol. The van der Waals surface area contributed by atoms with Gasteiger partial charge in [0.15, 0.2) is 0 Å². The second kappa shape index (κ2) is 16.1. The third-order valence-corrected chi connectivity index (χ3v) is 10.3. The zero-order chi connectivity index (χ0) is 36.0. The summed E-state index contributed by atoms with van der Waals surface area (Å²) in [5.41, 5.74) is 4.85. The predicted molar refractivity (Wildman–Crippen MR) is 209 cm³/mol. The Morgan fingerprint density at radius 1 is 0.642 bits per heavy atom. The Kier molecular flexibility index (Phi) is 10.6. The van der Waals surface area contributed by atoms with Crippen molar-refractivity contribution in [3.05, 3.63) is 120 Å². The lowest BCUT2D eigenvalue weighted by Gasteiger charge is -2.22. The number of nitrogens with zero attached hydrogens (tertiary/aromatic N) is 2. The van der Waals surface area contributed by atoms with Crippen molar-refractivity contribution < 1.29 is 28.5 Å². The molecule has 8 rings (SSSR count). The van der Waals surface area contributed by atoms with Crippen molar-refractivity contribution in [2.45, 2.75) is 76.8 Å². The van der Waals surface area contributed by atoms with E-state index in [1.807, 2.05) is 59.8 Å². The van der Waals surface area contributed by atoms with Gasteiger partial charge in [-0.15, -0.1) is 0 Å². The van der Waals surface area contributed by atoms with Gasteiger partial charge in [0.05, 0.1) is 30.8 Å². The Morgan fingerprint density at radius 2 is 1.17 bits per heavy atom. The van der Waals surface area contributed by atoms with Gasteiger partial charge in [-0.3, -0.25) is 9.59 Å². The average Bonchev–Trinajstić information content (AvgIpc) is 3.20. The number of anilines is 2. The van der Waals surface area contributed by atoms with Crippen molar-refractivity contribution >= 4 is 61.8 Å². The standard InChI is InChI=1S/C45H44N2O6/c48-40(52-42-11-1-3-27-50-42)25-17-31-13-21-37(22-14-31)47(38-23-15-32(16-24-38)18-26-41(49)53-43-12-2-4-28-51-43)46-30-36-29-35-9-5-7-33-19-20-34-8-6-10-39(36)45(34)44(33)35/h5-10,13-16,19-24,29-30,42-43H,1-4,11-12,17-18,25-28H2. The van der Waals surface area contributed by atoms with E-state index >= 15 is 0 Å². The van der Waals surface area contributed by atoms with Crippen LogP contribution in [0.3, 0.4) is 0 Å². The number of hydrogen-bond donors (Lipinski definition) is 0. The highest BCUT2D eigenvalue weighted by atomic mass is 16.7. The number of hydrazone groups is 1. The maximum atomic E-state index is 12.5. The molecule has 2 aliphatic heterocycles. The summed E-state index contributed by atoms with van der Waals surface area (Å²) in [5, 5.41) is 14.3. The van der Waals surface area contributed by atoms with E-state index in [1.54, 1.807) is 0 Å². The van der Waals surface area contributed by atoms with Crippen LogP contribution < -0.4 is 5.01 Å². The van der Waals surface area contributed by atoms with E-state index in [4.69, 9.17) is 24.0 Å². The van der Waals surface area contributed by atoms with Gasteiger partial charge in [-0.1, -0.05) is 72.8 Å². The van der Waals surface area contributed by atoms with Crippen LogP contribution in [0, 0.1) is 0 Å². The minimum absolute atomic E-state index is 0.240. The maximum absolute atomic E-state index is 12.5. The number of aryl methyl sites for hydroxylation is 2. The first-order valence-electron chi connectivity index (χ1n) is 18.9. The molecule has 2 aliphatic rings. The van der Waals surface area contributed by atoms with E-state index in [1.165, 1.54) is 26.9 Å². The van der Waals surface area contributed by atoms with Crippen LogP contribution in [0.1, 0.15) is 68.1 Å². The quantitative estimate of drug-likeness (QED) is 0.0542. The molecule has 2 fully saturated rings. The SMILES string of the molecule is O=C(CCc1ccc(N(N=Cc2cc3cccc4ccc5cccc2c5c43)c2ccc(CCC(=O)OC3CCCCO3)cc2)cc1)OC1CCCCO1. The van der Waals surface area contributed by atoms with Crippen molar-refractivity contribution in [3.63, 3.8) is 0 Å². The Balaban J connectivity index is 1.03. The molecule has 0 radical (unpaired) electrons. The van der Waals surface area contributed by atoms with Gasteiger partial charge < -0.3 is 18.9 Å². The fourth-order valence-corrected chi connectivity index (χ4v) is 7.42. The zero-order valence-electron chi connectivity index (χ0n) is 29.9. The van der Waals surface area contributed by atoms with Crippen LogP contribution in [0.5, 0.6) is 0 Å². The zero-order valence-corrected chi connectivity index (χ0v) is 29.9. The molecule has 0 spiro atoms. The van der Waals surface area contributed by atoms with Gasteiger partial charge in [-0.05, 0) is 112 Å². The smallest absolute Gasteiger partial charge is 0.308 e. The highest BCUT2D eigenvalue weighted by Gasteiger charge is 2.20. The highest BCUT2D eigenvalue weighted by Crippen LogP contribution is 2.36. The van der Waals surface area contributed by atoms with Gasteiger partial charge in [0, 0.05) is 31.2 Å². The molecule has 2 unspecified atom stereocenters. The van der Waals surface area contributed by atoms with Crippen LogP contribution in [0.15, 0.2) is 108 Å². The summed E-state index contributed by atoms with van der Waals surface area (Å²) in [6.07, 6.45) is 8.39. The molecule has 53 heavy (non-hydrogen) atoms. The molecule has 0 bridgehead atoms. The topological polar surface area (TPSA) is 86.7 Å². The van der Waals surface area contributed by atoms with Crippen molar-refractivity contribution in [2.75, 3.05) is 18.2 Å². The summed E-state index contributed by atoms with van der Waals surface area (Å²) in [6.45, 7) is 1.28. The second-order valence-electron chi connectivity index (χ2n) is 14.0. The van der Waals surface area contributed by atoms with Gasteiger partial charge >= 0.3 is 11.9 Å². The molecule has 8 nitrogen and oxygen atoms in total. The highest BCUT2D eigenvalue weighted by molar-refractivity contribution is 6.26. The predicted octanol–water partition coefficient (Wildman–Crippen LogP) is 9.76. The molecule has 0 aromatic heterocycles. The maximum Gasteiger partial charge on any atom is 0.308 e. The molecule has 2 heterocycles. The number of esters is 2. The number of carbonyl (C=O) groups is 2. The minimum Gasteiger partial charge on any atom is -0.436 e. The minimum atomic E-state index is -0.422. The molecule has 270 valence electrons. The third-order valence-electron chi connectivity index (χ3n) is 10.3. The first-order chi connectivity index (χ1) is 26.1. The molecule has 0 amide bonds. The summed E-state index contributed by atoms with van der Waals surface area (Å²) in [6, 6.07) is 35.7. The fourth-order valence-electron chi connectivity index (χ4n) is 7.42. The fraction of sp³-hybridized carbons (Fsp3) is 0.311. The van der Waals surface area contributed by atoms with E-state index in [2.05, 4.69) is 54.6 Å². The first kappa shape index (κ1) is 34.8. The Bertz CT molecular complexity index is 2120. The van der Waals surface area contributed by atoms with Crippen LogP contribution >= 0.6 is 0 Å². The normalized spacial score (nSPS) is 17.8. The number of rotatable bonds is 12. The Morgan fingerprint density at radius 3 is 1.72 bits per heavy atom. The molecule has 0 aliphatic carbocycles.